The summed E-state index contributed by atoms with van der Waals surface area (Å²) in [6, 6.07) is 4.75. The van der Waals surface area contributed by atoms with Gasteiger partial charge in [-0.15, -0.1) is 5.10 Å². The average molecular weight is 296 g/mol. The summed E-state index contributed by atoms with van der Waals surface area (Å²) >= 11 is 1.26. The SMILES string of the molecule is CC(C)n1c(Sc2cc(F)cc(CCN)c2)n[nH]c1=O. The molecule has 7 heteroatoms. The Kier molecular flexibility index (Phi) is 4.61. The van der Waals surface area contributed by atoms with Crippen LogP contribution < -0.4 is 11.4 Å². The minimum absolute atomic E-state index is 0.0131. The van der Waals surface area contributed by atoms with E-state index in [0.717, 1.165) is 5.56 Å². The van der Waals surface area contributed by atoms with Crippen LogP contribution in [0.5, 0.6) is 0 Å². The molecule has 20 heavy (non-hydrogen) atoms. The highest BCUT2D eigenvalue weighted by Gasteiger charge is 2.13. The van der Waals surface area contributed by atoms with Gasteiger partial charge >= 0.3 is 5.69 Å². The number of nitrogens with one attached hydrogen (secondary N) is 1. The van der Waals surface area contributed by atoms with Crippen LogP contribution in [0, 0.1) is 5.82 Å². The second-order valence-corrected chi connectivity index (χ2v) is 5.75. The molecule has 0 bridgehead atoms. The number of benzene rings is 1. The van der Waals surface area contributed by atoms with Crippen molar-refractivity contribution in [3.05, 3.63) is 40.1 Å². The molecule has 0 aliphatic rings. The molecule has 0 radical (unpaired) electrons. The number of aromatic amines is 1. The third kappa shape index (κ3) is 3.29. The van der Waals surface area contributed by atoms with Crippen molar-refractivity contribution < 1.29 is 4.39 Å². The van der Waals surface area contributed by atoms with E-state index in [0.29, 0.717) is 23.0 Å². The lowest BCUT2D eigenvalue weighted by Crippen LogP contribution is -2.19. The number of H-pyrrole nitrogens is 1. The molecule has 0 aliphatic carbocycles. The number of nitrogens with two attached hydrogens (primary N) is 1. The monoisotopic (exact) mass is 296 g/mol. The number of nitrogens with zero attached hydrogens (tertiary/aromatic N) is 2. The van der Waals surface area contributed by atoms with Crippen LogP contribution in [-0.4, -0.2) is 21.3 Å². The Balaban J connectivity index is 2.32. The topological polar surface area (TPSA) is 76.7 Å². The normalized spacial score (nSPS) is 11.2. The Labute approximate surface area is 120 Å². The van der Waals surface area contributed by atoms with Crippen LogP contribution in [0.2, 0.25) is 0 Å². The van der Waals surface area contributed by atoms with E-state index < -0.39 is 0 Å². The maximum Gasteiger partial charge on any atom is 0.344 e. The zero-order valence-electron chi connectivity index (χ0n) is 11.4. The fourth-order valence-electron chi connectivity index (χ4n) is 1.91. The van der Waals surface area contributed by atoms with E-state index in [4.69, 9.17) is 5.73 Å². The second kappa shape index (κ2) is 6.23. The Hall–Kier alpha value is -1.60. The van der Waals surface area contributed by atoms with E-state index in [1.54, 1.807) is 0 Å². The third-order valence-electron chi connectivity index (χ3n) is 2.76. The summed E-state index contributed by atoms with van der Waals surface area (Å²) in [5.41, 5.74) is 6.06. The Morgan fingerprint density at radius 3 is 2.85 bits per heavy atom. The largest absolute Gasteiger partial charge is 0.344 e. The molecule has 0 fully saturated rings. The minimum atomic E-state index is -0.313. The van der Waals surface area contributed by atoms with Crippen LogP contribution in [0.3, 0.4) is 0 Å². The number of hydrogen-bond acceptors (Lipinski definition) is 4. The summed E-state index contributed by atoms with van der Waals surface area (Å²) in [5, 5.41) is 6.92. The average Bonchev–Trinajstić information content (AvgIpc) is 2.70. The van der Waals surface area contributed by atoms with Crippen molar-refractivity contribution in [2.24, 2.45) is 5.73 Å². The van der Waals surface area contributed by atoms with Crippen molar-refractivity contribution in [3.8, 4) is 0 Å². The maximum atomic E-state index is 13.6. The summed E-state index contributed by atoms with van der Waals surface area (Å²) in [4.78, 5) is 12.4. The Bertz CT molecular complexity index is 650. The number of aromatic nitrogens is 3. The summed E-state index contributed by atoms with van der Waals surface area (Å²) in [6.07, 6.45) is 0.614. The first-order valence-corrected chi connectivity index (χ1v) is 7.17. The zero-order chi connectivity index (χ0) is 14.7. The first-order valence-electron chi connectivity index (χ1n) is 6.35. The molecule has 0 spiro atoms. The van der Waals surface area contributed by atoms with E-state index in [1.807, 2.05) is 19.9 Å². The van der Waals surface area contributed by atoms with Crippen LogP contribution in [0.1, 0.15) is 25.5 Å². The van der Waals surface area contributed by atoms with Gasteiger partial charge in [-0.25, -0.2) is 14.3 Å². The van der Waals surface area contributed by atoms with Gasteiger partial charge in [0.1, 0.15) is 5.82 Å². The summed E-state index contributed by atoms with van der Waals surface area (Å²) in [5.74, 6) is -0.313. The lowest BCUT2D eigenvalue weighted by atomic mass is 10.1. The number of halogens is 1. The van der Waals surface area contributed by atoms with Gasteiger partial charge in [0.2, 0.25) is 0 Å². The Morgan fingerprint density at radius 1 is 1.45 bits per heavy atom. The highest BCUT2D eigenvalue weighted by Crippen LogP contribution is 2.28. The summed E-state index contributed by atoms with van der Waals surface area (Å²) in [7, 11) is 0. The fraction of sp³-hybridized carbons (Fsp3) is 0.385. The maximum absolute atomic E-state index is 13.6. The number of rotatable bonds is 5. The molecule has 0 atom stereocenters. The molecular weight excluding hydrogens is 279 g/mol. The number of hydrogen-bond donors (Lipinski definition) is 2. The lowest BCUT2D eigenvalue weighted by Gasteiger charge is -2.09. The molecule has 3 N–H and O–H groups in total. The second-order valence-electron chi connectivity index (χ2n) is 4.71. The van der Waals surface area contributed by atoms with Crippen molar-refractivity contribution in [3.63, 3.8) is 0 Å². The first kappa shape index (κ1) is 14.8. The molecule has 0 saturated heterocycles. The molecule has 0 amide bonds. The van der Waals surface area contributed by atoms with Crippen LogP contribution in [-0.2, 0) is 6.42 Å². The molecule has 108 valence electrons. The van der Waals surface area contributed by atoms with Crippen molar-refractivity contribution in [1.82, 2.24) is 14.8 Å². The third-order valence-corrected chi connectivity index (χ3v) is 3.70. The molecule has 2 rings (SSSR count). The van der Waals surface area contributed by atoms with E-state index >= 15 is 0 Å². The van der Waals surface area contributed by atoms with Gasteiger partial charge in [-0.3, -0.25) is 4.57 Å². The van der Waals surface area contributed by atoms with Crippen molar-refractivity contribution in [2.45, 2.75) is 36.4 Å². The van der Waals surface area contributed by atoms with Crippen LogP contribution in [0.4, 0.5) is 4.39 Å². The highest BCUT2D eigenvalue weighted by atomic mass is 32.2. The van der Waals surface area contributed by atoms with Crippen LogP contribution in [0.15, 0.2) is 33.0 Å². The molecule has 2 aromatic rings. The van der Waals surface area contributed by atoms with Gasteiger partial charge in [0.15, 0.2) is 5.16 Å². The first-order chi connectivity index (χ1) is 9.51. The minimum Gasteiger partial charge on any atom is -0.330 e. The fourth-order valence-corrected chi connectivity index (χ4v) is 2.99. The van der Waals surface area contributed by atoms with Crippen LogP contribution >= 0.6 is 11.8 Å². The van der Waals surface area contributed by atoms with Gasteiger partial charge in [0.05, 0.1) is 0 Å². The van der Waals surface area contributed by atoms with E-state index in [2.05, 4.69) is 10.2 Å². The quantitative estimate of drug-likeness (QED) is 0.884. The highest BCUT2D eigenvalue weighted by molar-refractivity contribution is 7.99. The van der Waals surface area contributed by atoms with Gasteiger partial charge in [0, 0.05) is 10.9 Å². The van der Waals surface area contributed by atoms with Gasteiger partial charge in [-0.1, -0.05) is 0 Å². The zero-order valence-corrected chi connectivity index (χ0v) is 12.2. The Morgan fingerprint density at radius 2 is 2.20 bits per heavy atom. The predicted molar refractivity (Wildman–Crippen MR) is 76.5 cm³/mol. The molecule has 0 unspecified atom stereocenters. The summed E-state index contributed by atoms with van der Waals surface area (Å²) in [6.45, 7) is 4.26. The van der Waals surface area contributed by atoms with Crippen LogP contribution in [0.25, 0.3) is 0 Å². The molecule has 0 aliphatic heterocycles. The van der Waals surface area contributed by atoms with Gasteiger partial charge in [-0.2, -0.15) is 0 Å². The molecule has 1 heterocycles. The lowest BCUT2D eigenvalue weighted by molar-refractivity contribution is 0.534. The molecule has 5 nitrogen and oxygen atoms in total. The molecule has 1 aromatic carbocycles. The standard InChI is InChI=1S/C13H17FN4OS/c1-8(2)18-12(19)16-17-13(18)20-11-6-9(3-4-15)5-10(14)7-11/h5-8H,3-4,15H2,1-2H3,(H,16,19). The van der Waals surface area contributed by atoms with Gasteiger partial charge in [-0.05, 0) is 62.3 Å². The molecule has 1 aromatic heterocycles. The molecular formula is C13H17FN4OS. The van der Waals surface area contributed by atoms with E-state index in [-0.39, 0.29) is 17.5 Å². The van der Waals surface area contributed by atoms with Crippen molar-refractivity contribution in [1.29, 1.82) is 0 Å². The molecule has 0 saturated carbocycles. The van der Waals surface area contributed by atoms with Crippen molar-refractivity contribution in [2.75, 3.05) is 6.54 Å². The summed E-state index contributed by atoms with van der Waals surface area (Å²) < 4.78 is 15.1. The van der Waals surface area contributed by atoms with Gasteiger partial charge in [0.25, 0.3) is 0 Å². The van der Waals surface area contributed by atoms with E-state index in [1.165, 1.54) is 28.5 Å². The van der Waals surface area contributed by atoms with Crippen molar-refractivity contribution >= 4 is 11.8 Å². The van der Waals surface area contributed by atoms with E-state index in [9.17, 15) is 9.18 Å². The van der Waals surface area contributed by atoms with Gasteiger partial charge < -0.3 is 5.73 Å². The predicted octanol–water partition coefficient (Wildman–Crippen LogP) is 1.94. The smallest absolute Gasteiger partial charge is 0.330 e.